The van der Waals surface area contributed by atoms with Gasteiger partial charge in [0.1, 0.15) is 11.5 Å². The number of carbonyl (C=O) groups excluding carboxylic acids is 2. The minimum atomic E-state index is -0.755. The molecule has 0 atom stereocenters. The zero-order chi connectivity index (χ0) is 23.8. The van der Waals surface area contributed by atoms with E-state index in [0.29, 0.717) is 53.3 Å². The van der Waals surface area contributed by atoms with E-state index in [0.717, 1.165) is 0 Å². The standard InChI is InChI=1S/C24H27ClN2O6/c1-32-21-14-19(33-18-8-4-16(5-9-18)24(30)31)10-11-20(21)23(29)27-13-12-26-22(28)15-2-6-17(25)7-3-15/h2-3,6-7,10-11,14,16,18H,4-5,8-9,12-13H2,1H3,(H,26,28)(H,27,29)(H,30,31)/t16-,18+. The number of carboxylic acid groups (broad SMARTS) is 1. The van der Waals surface area contributed by atoms with E-state index in [1.165, 1.54) is 7.11 Å². The fourth-order valence-corrected chi connectivity index (χ4v) is 3.83. The van der Waals surface area contributed by atoms with Crippen molar-refractivity contribution < 1.29 is 29.0 Å². The van der Waals surface area contributed by atoms with Crippen molar-refractivity contribution in [2.45, 2.75) is 31.8 Å². The molecule has 1 aliphatic carbocycles. The van der Waals surface area contributed by atoms with Gasteiger partial charge in [-0.05, 0) is 62.1 Å². The van der Waals surface area contributed by atoms with Gasteiger partial charge in [0.25, 0.3) is 11.8 Å². The first-order chi connectivity index (χ1) is 15.9. The third-order valence-electron chi connectivity index (χ3n) is 5.55. The van der Waals surface area contributed by atoms with Crippen LogP contribution < -0.4 is 20.1 Å². The van der Waals surface area contributed by atoms with E-state index in [2.05, 4.69) is 10.6 Å². The molecule has 2 aromatic rings. The first-order valence-electron chi connectivity index (χ1n) is 10.8. The molecule has 0 bridgehead atoms. The molecule has 3 rings (SSSR count). The molecule has 1 aliphatic rings. The smallest absolute Gasteiger partial charge is 0.306 e. The predicted molar refractivity (Wildman–Crippen MR) is 123 cm³/mol. The predicted octanol–water partition coefficient (Wildman–Crippen LogP) is 3.53. The number of nitrogens with one attached hydrogen (secondary N) is 2. The number of methoxy groups -OCH3 is 1. The zero-order valence-electron chi connectivity index (χ0n) is 18.3. The van der Waals surface area contributed by atoms with E-state index in [1.54, 1.807) is 42.5 Å². The van der Waals surface area contributed by atoms with Gasteiger partial charge in [0.05, 0.1) is 24.7 Å². The largest absolute Gasteiger partial charge is 0.496 e. The molecular weight excluding hydrogens is 448 g/mol. The van der Waals surface area contributed by atoms with Crippen molar-refractivity contribution in [3.63, 3.8) is 0 Å². The van der Waals surface area contributed by atoms with Crippen LogP contribution in [0.2, 0.25) is 5.02 Å². The van der Waals surface area contributed by atoms with Gasteiger partial charge in [-0.3, -0.25) is 14.4 Å². The number of halogens is 1. The molecule has 0 unspecified atom stereocenters. The van der Waals surface area contributed by atoms with Gasteiger partial charge in [-0.2, -0.15) is 0 Å². The first-order valence-corrected chi connectivity index (χ1v) is 11.1. The minimum absolute atomic E-state index is 0.0609. The lowest BCUT2D eigenvalue weighted by Gasteiger charge is -2.27. The molecule has 0 aliphatic heterocycles. The number of benzene rings is 2. The van der Waals surface area contributed by atoms with Gasteiger partial charge in [0, 0.05) is 29.7 Å². The monoisotopic (exact) mass is 474 g/mol. The van der Waals surface area contributed by atoms with Crippen molar-refractivity contribution in [3.05, 3.63) is 58.6 Å². The van der Waals surface area contributed by atoms with E-state index in [1.807, 2.05) is 0 Å². The van der Waals surface area contributed by atoms with Crippen LogP contribution in [0.1, 0.15) is 46.4 Å². The molecule has 0 heterocycles. The van der Waals surface area contributed by atoms with E-state index in [4.69, 9.17) is 26.2 Å². The lowest BCUT2D eigenvalue weighted by atomic mass is 9.87. The van der Waals surface area contributed by atoms with Crippen LogP contribution in [0.4, 0.5) is 0 Å². The summed E-state index contributed by atoms with van der Waals surface area (Å²) in [6.45, 7) is 0.502. The Balaban J connectivity index is 1.48. The second-order valence-electron chi connectivity index (χ2n) is 7.81. The number of carboxylic acids is 1. The van der Waals surface area contributed by atoms with Crippen LogP contribution in [0.3, 0.4) is 0 Å². The number of amides is 2. The highest BCUT2D eigenvalue weighted by atomic mass is 35.5. The number of rotatable bonds is 9. The van der Waals surface area contributed by atoms with Crippen LogP contribution in [0.5, 0.6) is 11.5 Å². The van der Waals surface area contributed by atoms with Gasteiger partial charge in [-0.25, -0.2) is 0 Å². The summed E-state index contributed by atoms with van der Waals surface area (Å²) in [4.78, 5) is 35.7. The maximum atomic E-state index is 12.6. The first kappa shape index (κ1) is 24.4. The number of hydrogen-bond acceptors (Lipinski definition) is 5. The summed E-state index contributed by atoms with van der Waals surface area (Å²) in [5.41, 5.74) is 0.836. The Morgan fingerprint density at radius 3 is 2.21 bits per heavy atom. The van der Waals surface area contributed by atoms with Crippen molar-refractivity contribution in [3.8, 4) is 11.5 Å². The van der Waals surface area contributed by atoms with Gasteiger partial charge in [-0.15, -0.1) is 0 Å². The molecule has 3 N–H and O–H groups in total. The highest BCUT2D eigenvalue weighted by Crippen LogP contribution is 2.30. The Bertz CT molecular complexity index is 987. The van der Waals surface area contributed by atoms with Crippen molar-refractivity contribution in [1.82, 2.24) is 10.6 Å². The summed E-state index contributed by atoms with van der Waals surface area (Å²) in [5.74, 6) is -0.707. The van der Waals surface area contributed by atoms with Crippen molar-refractivity contribution in [2.24, 2.45) is 5.92 Å². The topological polar surface area (TPSA) is 114 Å². The SMILES string of the molecule is COc1cc(O[C@H]2CC[C@@H](C(=O)O)CC2)ccc1C(=O)NCCNC(=O)c1ccc(Cl)cc1. The van der Waals surface area contributed by atoms with Gasteiger partial charge in [0.15, 0.2) is 0 Å². The molecule has 2 amide bonds. The number of carbonyl (C=O) groups is 3. The third-order valence-corrected chi connectivity index (χ3v) is 5.80. The van der Waals surface area contributed by atoms with Gasteiger partial charge < -0.3 is 25.2 Å². The van der Waals surface area contributed by atoms with Crippen LogP contribution in [0, 0.1) is 5.92 Å². The minimum Gasteiger partial charge on any atom is -0.496 e. The van der Waals surface area contributed by atoms with Gasteiger partial charge in [-0.1, -0.05) is 11.6 Å². The highest BCUT2D eigenvalue weighted by molar-refractivity contribution is 6.30. The van der Waals surface area contributed by atoms with Crippen molar-refractivity contribution in [1.29, 1.82) is 0 Å². The normalized spacial score (nSPS) is 17.6. The molecule has 0 radical (unpaired) electrons. The molecule has 0 aromatic heterocycles. The molecule has 2 aromatic carbocycles. The van der Waals surface area contributed by atoms with E-state index in [-0.39, 0.29) is 36.9 Å². The molecule has 0 spiro atoms. The Labute approximate surface area is 197 Å². The van der Waals surface area contributed by atoms with Crippen LogP contribution in [-0.4, -0.2) is 49.2 Å². The van der Waals surface area contributed by atoms with E-state index >= 15 is 0 Å². The second-order valence-corrected chi connectivity index (χ2v) is 8.25. The van der Waals surface area contributed by atoms with Crippen LogP contribution in [0.25, 0.3) is 0 Å². The summed E-state index contributed by atoms with van der Waals surface area (Å²) < 4.78 is 11.3. The lowest BCUT2D eigenvalue weighted by molar-refractivity contribution is -0.143. The fraction of sp³-hybridized carbons (Fsp3) is 0.375. The number of ether oxygens (including phenoxy) is 2. The average Bonchev–Trinajstić information content (AvgIpc) is 2.82. The molecule has 8 nitrogen and oxygen atoms in total. The average molecular weight is 475 g/mol. The molecule has 33 heavy (non-hydrogen) atoms. The van der Waals surface area contributed by atoms with E-state index in [9.17, 15) is 14.4 Å². The maximum Gasteiger partial charge on any atom is 0.306 e. The number of hydrogen-bond donors (Lipinski definition) is 3. The summed E-state index contributed by atoms with van der Waals surface area (Å²) >= 11 is 5.82. The fourth-order valence-electron chi connectivity index (χ4n) is 3.70. The quantitative estimate of drug-likeness (QED) is 0.479. The Morgan fingerprint density at radius 2 is 1.61 bits per heavy atom. The summed E-state index contributed by atoms with van der Waals surface area (Å²) in [5, 5.41) is 15.1. The Morgan fingerprint density at radius 1 is 0.970 bits per heavy atom. The van der Waals surface area contributed by atoms with Crippen LogP contribution >= 0.6 is 11.6 Å². The Kier molecular flexibility index (Phi) is 8.54. The molecule has 176 valence electrons. The zero-order valence-corrected chi connectivity index (χ0v) is 19.1. The van der Waals surface area contributed by atoms with Crippen LogP contribution in [0.15, 0.2) is 42.5 Å². The summed E-state index contributed by atoms with van der Waals surface area (Å²) in [7, 11) is 1.47. The van der Waals surface area contributed by atoms with Crippen molar-refractivity contribution in [2.75, 3.05) is 20.2 Å². The highest BCUT2D eigenvalue weighted by Gasteiger charge is 2.27. The van der Waals surface area contributed by atoms with Gasteiger partial charge in [0.2, 0.25) is 0 Å². The van der Waals surface area contributed by atoms with Crippen molar-refractivity contribution >= 4 is 29.4 Å². The third kappa shape index (κ3) is 6.86. The Hall–Kier alpha value is -3.26. The summed E-state index contributed by atoms with van der Waals surface area (Å²) in [6.07, 6.45) is 2.46. The molecule has 9 heteroatoms. The summed E-state index contributed by atoms with van der Waals surface area (Å²) in [6, 6.07) is 11.5. The molecular formula is C24H27ClN2O6. The molecule has 1 fully saturated rings. The van der Waals surface area contributed by atoms with E-state index < -0.39 is 5.97 Å². The second kappa shape index (κ2) is 11.6. The molecule has 1 saturated carbocycles. The molecule has 0 saturated heterocycles. The van der Waals surface area contributed by atoms with Gasteiger partial charge >= 0.3 is 5.97 Å². The lowest BCUT2D eigenvalue weighted by Crippen LogP contribution is -2.34. The maximum absolute atomic E-state index is 12.6. The number of aliphatic carboxylic acids is 1. The van der Waals surface area contributed by atoms with Crippen LogP contribution in [-0.2, 0) is 4.79 Å².